The van der Waals surface area contributed by atoms with Gasteiger partial charge in [0.05, 0.1) is 10.8 Å². The van der Waals surface area contributed by atoms with Gasteiger partial charge in [-0.05, 0) is 45.0 Å². The van der Waals surface area contributed by atoms with E-state index >= 15 is 0 Å². The molecule has 0 radical (unpaired) electrons. The number of nitrogens with zero attached hydrogens (tertiary/aromatic N) is 4. The van der Waals surface area contributed by atoms with Crippen molar-refractivity contribution < 1.29 is 4.79 Å². The molecule has 0 atom stereocenters. The molecule has 32 heavy (non-hydrogen) atoms. The highest BCUT2D eigenvalue weighted by molar-refractivity contribution is 7.98. The molecule has 4 aromatic rings. The van der Waals surface area contributed by atoms with Gasteiger partial charge in [0, 0.05) is 22.7 Å². The number of hydrogen-bond acceptors (Lipinski definition) is 6. The van der Waals surface area contributed by atoms with E-state index in [0.717, 1.165) is 21.4 Å². The third-order valence-electron chi connectivity index (χ3n) is 4.57. The summed E-state index contributed by atoms with van der Waals surface area (Å²) in [7, 11) is 0. The number of carbonyl (C=O) groups excluding carboxylic acids is 1. The van der Waals surface area contributed by atoms with E-state index in [-0.39, 0.29) is 11.9 Å². The van der Waals surface area contributed by atoms with Crippen LogP contribution in [-0.4, -0.2) is 31.7 Å². The quantitative estimate of drug-likeness (QED) is 0.337. The topological polar surface area (TPSA) is 72.7 Å². The summed E-state index contributed by atoms with van der Waals surface area (Å²) in [6, 6.07) is 15.9. The van der Waals surface area contributed by atoms with Crippen molar-refractivity contribution in [2.45, 2.75) is 37.7 Å². The van der Waals surface area contributed by atoms with Crippen molar-refractivity contribution >= 4 is 40.6 Å². The number of thioether (sulfide) groups is 1. The Morgan fingerprint density at radius 2 is 1.91 bits per heavy atom. The monoisotopic (exact) mass is 483 g/mol. The lowest BCUT2D eigenvalue weighted by Gasteiger charge is -2.11. The average molecular weight is 484 g/mol. The van der Waals surface area contributed by atoms with E-state index < -0.39 is 0 Å². The van der Waals surface area contributed by atoms with Gasteiger partial charge in [0.15, 0.2) is 11.0 Å². The predicted molar refractivity (Wildman–Crippen MR) is 131 cm³/mol. The third kappa shape index (κ3) is 5.03. The molecular weight excluding hydrogens is 462 g/mol. The van der Waals surface area contributed by atoms with Crippen LogP contribution in [0.2, 0.25) is 5.02 Å². The fourth-order valence-electron chi connectivity index (χ4n) is 3.05. The molecule has 6 nitrogen and oxygen atoms in total. The van der Waals surface area contributed by atoms with Gasteiger partial charge in [-0.1, -0.05) is 53.2 Å². The van der Waals surface area contributed by atoms with Crippen LogP contribution >= 0.6 is 34.7 Å². The van der Waals surface area contributed by atoms with E-state index in [1.165, 1.54) is 28.7 Å². The average Bonchev–Trinajstić information content (AvgIpc) is 3.40. The largest absolute Gasteiger partial charge is 0.349 e. The van der Waals surface area contributed by atoms with Gasteiger partial charge in [0.2, 0.25) is 0 Å². The van der Waals surface area contributed by atoms with Gasteiger partial charge in [-0.15, -0.1) is 21.5 Å². The molecule has 0 spiro atoms. The van der Waals surface area contributed by atoms with Crippen LogP contribution in [-0.2, 0) is 5.75 Å². The molecule has 2 heterocycles. The highest BCUT2D eigenvalue weighted by Crippen LogP contribution is 2.33. The summed E-state index contributed by atoms with van der Waals surface area (Å²) < 4.78 is 2.01. The third-order valence-corrected chi connectivity index (χ3v) is 6.87. The van der Waals surface area contributed by atoms with Crippen LogP contribution in [0.1, 0.15) is 34.9 Å². The second-order valence-electron chi connectivity index (χ2n) is 7.50. The molecule has 2 aromatic carbocycles. The van der Waals surface area contributed by atoms with Gasteiger partial charge in [0.25, 0.3) is 5.91 Å². The number of halogens is 1. The fraction of sp³-hybridized carbons (Fsp3) is 0.217. The minimum Gasteiger partial charge on any atom is -0.349 e. The van der Waals surface area contributed by atoms with E-state index in [4.69, 9.17) is 11.6 Å². The second-order valence-corrected chi connectivity index (χ2v) is 9.79. The van der Waals surface area contributed by atoms with Crippen molar-refractivity contribution in [2.75, 3.05) is 0 Å². The van der Waals surface area contributed by atoms with Crippen molar-refractivity contribution in [1.29, 1.82) is 0 Å². The van der Waals surface area contributed by atoms with Crippen molar-refractivity contribution in [1.82, 2.24) is 25.1 Å². The Bertz CT molecular complexity index is 1230. The first-order chi connectivity index (χ1) is 15.4. The summed E-state index contributed by atoms with van der Waals surface area (Å²) in [6.45, 7) is 5.90. The van der Waals surface area contributed by atoms with Gasteiger partial charge < -0.3 is 5.32 Å². The Hall–Kier alpha value is -2.68. The molecule has 4 rings (SSSR count). The summed E-state index contributed by atoms with van der Waals surface area (Å²) in [4.78, 5) is 16.7. The summed E-state index contributed by atoms with van der Waals surface area (Å²) in [5.41, 5.74) is 3.38. The number of hydrogen-bond donors (Lipinski definition) is 1. The summed E-state index contributed by atoms with van der Waals surface area (Å²) >= 11 is 9.44. The summed E-state index contributed by atoms with van der Waals surface area (Å²) in [5, 5.41) is 15.7. The molecule has 2 aromatic heterocycles. The molecule has 0 saturated carbocycles. The van der Waals surface area contributed by atoms with E-state index in [9.17, 15) is 4.79 Å². The van der Waals surface area contributed by atoms with Gasteiger partial charge in [-0.3, -0.25) is 9.36 Å². The highest BCUT2D eigenvalue weighted by atomic mass is 35.5. The number of benzene rings is 2. The zero-order valence-corrected chi connectivity index (χ0v) is 20.3. The Morgan fingerprint density at radius 1 is 1.16 bits per heavy atom. The van der Waals surface area contributed by atoms with Crippen LogP contribution in [0.15, 0.2) is 59.1 Å². The highest BCUT2D eigenvalue weighted by Gasteiger charge is 2.19. The SMILES string of the molecule is Cc1ccc(-n2c(SCc3nc(C(=O)NC(C)C)cs3)nnc2-c2ccccc2Cl)cc1. The molecule has 0 aliphatic carbocycles. The maximum atomic E-state index is 12.2. The Kier molecular flexibility index (Phi) is 6.93. The molecule has 0 saturated heterocycles. The van der Waals surface area contributed by atoms with E-state index in [1.807, 2.05) is 54.8 Å². The number of carbonyl (C=O) groups is 1. The second kappa shape index (κ2) is 9.85. The van der Waals surface area contributed by atoms with Crippen molar-refractivity contribution in [3.63, 3.8) is 0 Å². The predicted octanol–water partition coefficient (Wildman–Crippen LogP) is 5.78. The summed E-state index contributed by atoms with van der Waals surface area (Å²) in [5.74, 6) is 1.10. The molecule has 9 heteroatoms. The van der Waals surface area contributed by atoms with Crippen LogP contribution in [0.4, 0.5) is 0 Å². The maximum absolute atomic E-state index is 12.2. The lowest BCUT2D eigenvalue weighted by Crippen LogP contribution is -2.30. The van der Waals surface area contributed by atoms with Crippen molar-refractivity contribution in [2.24, 2.45) is 0 Å². The zero-order chi connectivity index (χ0) is 22.7. The molecule has 164 valence electrons. The molecule has 0 aliphatic heterocycles. The first kappa shape index (κ1) is 22.5. The fourth-order valence-corrected chi connectivity index (χ4v) is 5.02. The zero-order valence-electron chi connectivity index (χ0n) is 17.9. The number of rotatable bonds is 7. The Balaban J connectivity index is 1.63. The van der Waals surface area contributed by atoms with Gasteiger partial charge in [-0.2, -0.15) is 0 Å². The van der Waals surface area contributed by atoms with Crippen LogP contribution in [0.25, 0.3) is 17.1 Å². The molecule has 1 amide bonds. The lowest BCUT2D eigenvalue weighted by atomic mass is 10.2. The molecule has 0 fully saturated rings. The van der Waals surface area contributed by atoms with Crippen LogP contribution in [0.5, 0.6) is 0 Å². The normalized spacial score (nSPS) is 11.2. The van der Waals surface area contributed by atoms with Gasteiger partial charge in [0.1, 0.15) is 10.7 Å². The number of aromatic nitrogens is 4. The van der Waals surface area contributed by atoms with E-state index in [0.29, 0.717) is 22.3 Å². The molecule has 0 unspecified atom stereocenters. The van der Waals surface area contributed by atoms with Gasteiger partial charge in [-0.25, -0.2) is 4.98 Å². The van der Waals surface area contributed by atoms with E-state index in [1.54, 1.807) is 5.38 Å². The first-order valence-electron chi connectivity index (χ1n) is 10.1. The Labute approximate surface area is 200 Å². The standard InChI is InChI=1S/C23H22ClN5OS2/c1-14(2)25-22(30)19-12-31-20(26-19)13-32-23-28-27-21(17-6-4-5-7-18(17)24)29(23)16-10-8-15(3)9-11-16/h4-12,14H,13H2,1-3H3,(H,25,30). The van der Waals surface area contributed by atoms with Crippen molar-refractivity contribution in [3.05, 3.63) is 75.2 Å². The smallest absolute Gasteiger partial charge is 0.270 e. The molecular formula is C23H22ClN5OS2. The number of thiazole rings is 1. The number of nitrogens with one attached hydrogen (secondary N) is 1. The van der Waals surface area contributed by atoms with E-state index in [2.05, 4.69) is 39.6 Å². The van der Waals surface area contributed by atoms with Gasteiger partial charge >= 0.3 is 0 Å². The van der Waals surface area contributed by atoms with Crippen molar-refractivity contribution in [3.8, 4) is 17.1 Å². The summed E-state index contributed by atoms with van der Waals surface area (Å²) in [6.07, 6.45) is 0. The lowest BCUT2D eigenvalue weighted by molar-refractivity contribution is 0.0938. The molecule has 1 N–H and O–H groups in total. The van der Waals surface area contributed by atoms with Crippen LogP contribution < -0.4 is 5.32 Å². The minimum absolute atomic E-state index is 0.0679. The first-order valence-corrected chi connectivity index (χ1v) is 12.3. The minimum atomic E-state index is -0.156. The number of aryl methyl sites for hydroxylation is 1. The molecule has 0 bridgehead atoms. The van der Waals surface area contributed by atoms with Crippen LogP contribution in [0, 0.1) is 6.92 Å². The number of amides is 1. The van der Waals surface area contributed by atoms with Crippen LogP contribution in [0.3, 0.4) is 0 Å². The Morgan fingerprint density at radius 3 is 2.62 bits per heavy atom. The maximum Gasteiger partial charge on any atom is 0.270 e. The molecule has 0 aliphatic rings.